The molecule has 2 N–H and O–H groups in total. The Balaban J connectivity index is 2.02. The SMILES string of the molecule is CC1CC(C)CC(Cc2cccnc2N)C1. The first-order chi connectivity index (χ1) is 7.65. The van der Waals surface area contributed by atoms with Crippen LogP contribution in [0.1, 0.15) is 38.7 Å². The maximum Gasteiger partial charge on any atom is 0.126 e. The second kappa shape index (κ2) is 4.86. The lowest BCUT2D eigenvalue weighted by Gasteiger charge is -2.31. The summed E-state index contributed by atoms with van der Waals surface area (Å²) < 4.78 is 0. The summed E-state index contributed by atoms with van der Waals surface area (Å²) in [6, 6.07) is 4.10. The minimum Gasteiger partial charge on any atom is -0.383 e. The van der Waals surface area contributed by atoms with Gasteiger partial charge in [0.25, 0.3) is 0 Å². The molecule has 1 aromatic rings. The van der Waals surface area contributed by atoms with Gasteiger partial charge in [-0.15, -0.1) is 0 Å². The molecular weight excluding hydrogens is 196 g/mol. The van der Waals surface area contributed by atoms with Gasteiger partial charge in [-0.3, -0.25) is 0 Å². The van der Waals surface area contributed by atoms with Crippen LogP contribution in [0.2, 0.25) is 0 Å². The van der Waals surface area contributed by atoms with E-state index in [1.165, 1.54) is 24.8 Å². The first-order valence-electron chi connectivity index (χ1n) is 6.34. The smallest absolute Gasteiger partial charge is 0.126 e. The quantitative estimate of drug-likeness (QED) is 0.827. The van der Waals surface area contributed by atoms with Crippen LogP contribution in [0.15, 0.2) is 18.3 Å². The second-order valence-electron chi connectivity index (χ2n) is 5.54. The van der Waals surface area contributed by atoms with E-state index in [1.807, 2.05) is 6.07 Å². The van der Waals surface area contributed by atoms with Gasteiger partial charge in [0, 0.05) is 6.20 Å². The van der Waals surface area contributed by atoms with Crippen LogP contribution in [0, 0.1) is 17.8 Å². The molecule has 1 aliphatic rings. The highest BCUT2D eigenvalue weighted by atomic mass is 14.8. The largest absolute Gasteiger partial charge is 0.383 e. The third kappa shape index (κ3) is 2.75. The molecule has 0 radical (unpaired) electrons. The third-order valence-corrected chi connectivity index (χ3v) is 3.71. The Morgan fingerprint density at radius 2 is 1.94 bits per heavy atom. The Labute approximate surface area is 98.3 Å². The standard InChI is InChI=1S/C14H22N2/c1-10-6-11(2)8-12(7-10)9-13-4-3-5-16-14(13)15/h3-5,10-12H,6-9H2,1-2H3,(H2,15,16). The van der Waals surface area contributed by atoms with Crippen molar-refractivity contribution < 1.29 is 0 Å². The van der Waals surface area contributed by atoms with Gasteiger partial charge >= 0.3 is 0 Å². The average molecular weight is 218 g/mol. The van der Waals surface area contributed by atoms with Crippen molar-refractivity contribution in [2.24, 2.45) is 17.8 Å². The number of hydrogen-bond donors (Lipinski definition) is 1. The molecule has 0 aromatic carbocycles. The average Bonchev–Trinajstić information content (AvgIpc) is 2.20. The van der Waals surface area contributed by atoms with E-state index < -0.39 is 0 Å². The van der Waals surface area contributed by atoms with Crippen LogP contribution < -0.4 is 5.73 Å². The van der Waals surface area contributed by atoms with Crippen molar-refractivity contribution in [2.75, 3.05) is 5.73 Å². The predicted octanol–water partition coefficient (Wildman–Crippen LogP) is 3.28. The molecule has 2 heteroatoms. The monoisotopic (exact) mass is 218 g/mol. The number of hydrogen-bond acceptors (Lipinski definition) is 2. The third-order valence-electron chi connectivity index (χ3n) is 3.71. The van der Waals surface area contributed by atoms with E-state index in [-0.39, 0.29) is 0 Å². The zero-order valence-corrected chi connectivity index (χ0v) is 10.3. The molecule has 0 spiro atoms. The lowest BCUT2D eigenvalue weighted by atomic mass is 9.74. The highest BCUT2D eigenvalue weighted by Crippen LogP contribution is 2.35. The zero-order valence-electron chi connectivity index (χ0n) is 10.3. The normalized spacial score (nSPS) is 30.2. The molecule has 2 unspecified atom stereocenters. The maximum absolute atomic E-state index is 5.90. The van der Waals surface area contributed by atoms with Crippen LogP contribution in [-0.2, 0) is 6.42 Å². The van der Waals surface area contributed by atoms with E-state index in [9.17, 15) is 0 Å². The van der Waals surface area contributed by atoms with Gasteiger partial charge in [-0.1, -0.05) is 19.9 Å². The van der Waals surface area contributed by atoms with E-state index >= 15 is 0 Å². The molecule has 0 aliphatic heterocycles. The van der Waals surface area contributed by atoms with E-state index in [1.54, 1.807) is 6.20 Å². The topological polar surface area (TPSA) is 38.9 Å². The molecule has 1 aromatic heterocycles. The minimum atomic E-state index is 0.716. The molecule has 1 heterocycles. The molecule has 0 bridgehead atoms. The fourth-order valence-electron chi connectivity index (χ4n) is 3.21. The van der Waals surface area contributed by atoms with Crippen LogP contribution in [0.25, 0.3) is 0 Å². The van der Waals surface area contributed by atoms with Crippen molar-refractivity contribution in [2.45, 2.75) is 39.5 Å². The Morgan fingerprint density at radius 3 is 2.56 bits per heavy atom. The predicted molar refractivity (Wildman–Crippen MR) is 68.0 cm³/mol. The number of rotatable bonds is 2. The number of nitrogen functional groups attached to an aromatic ring is 1. The molecule has 2 rings (SSSR count). The molecule has 0 amide bonds. The van der Waals surface area contributed by atoms with Crippen LogP contribution in [0.5, 0.6) is 0 Å². The minimum absolute atomic E-state index is 0.716. The second-order valence-corrected chi connectivity index (χ2v) is 5.54. The van der Waals surface area contributed by atoms with Gasteiger partial charge < -0.3 is 5.73 Å². The number of pyridine rings is 1. The lowest BCUT2D eigenvalue weighted by molar-refractivity contribution is 0.218. The van der Waals surface area contributed by atoms with Crippen molar-refractivity contribution in [1.82, 2.24) is 4.98 Å². The molecule has 0 saturated heterocycles. The van der Waals surface area contributed by atoms with Gasteiger partial charge in [0.05, 0.1) is 0 Å². The molecule has 88 valence electrons. The number of nitrogens with two attached hydrogens (primary N) is 1. The first-order valence-corrected chi connectivity index (χ1v) is 6.34. The van der Waals surface area contributed by atoms with Gasteiger partial charge in [0.1, 0.15) is 5.82 Å². The van der Waals surface area contributed by atoms with E-state index in [2.05, 4.69) is 24.9 Å². The van der Waals surface area contributed by atoms with Crippen molar-refractivity contribution in [3.8, 4) is 0 Å². The zero-order chi connectivity index (χ0) is 11.5. The van der Waals surface area contributed by atoms with Crippen molar-refractivity contribution in [3.05, 3.63) is 23.9 Å². The summed E-state index contributed by atoms with van der Waals surface area (Å²) in [5, 5.41) is 0. The highest BCUT2D eigenvalue weighted by molar-refractivity contribution is 5.38. The maximum atomic E-state index is 5.90. The molecule has 1 saturated carbocycles. The summed E-state index contributed by atoms with van der Waals surface area (Å²) in [5.41, 5.74) is 7.13. The number of nitrogens with zero attached hydrogens (tertiary/aromatic N) is 1. The first kappa shape index (κ1) is 11.4. The van der Waals surface area contributed by atoms with Crippen LogP contribution in [0.4, 0.5) is 5.82 Å². The summed E-state index contributed by atoms with van der Waals surface area (Å²) in [5.74, 6) is 3.25. The van der Waals surface area contributed by atoms with Gasteiger partial charge in [0.2, 0.25) is 0 Å². The van der Waals surface area contributed by atoms with E-state index in [4.69, 9.17) is 5.73 Å². The number of aromatic nitrogens is 1. The Kier molecular flexibility index (Phi) is 3.47. The van der Waals surface area contributed by atoms with Crippen LogP contribution >= 0.6 is 0 Å². The summed E-state index contributed by atoms with van der Waals surface area (Å²) in [7, 11) is 0. The Bertz CT molecular complexity index is 338. The summed E-state index contributed by atoms with van der Waals surface area (Å²) in [6.07, 6.45) is 6.95. The van der Waals surface area contributed by atoms with Crippen molar-refractivity contribution in [3.63, 3.8) is 0 Å². The van der Waals surface area contributed by atoms with Gasteiger partial charge in [0.15, 0.2) is 0 Å². The van der Waals surface area contributed by atoms with Crippen LogP contribution in [0.3, 0.4) is 0 Å². The van der Waals surface area contributed by atoms with E-state index in [0.29, 0.717) is 5.82 Å². The Morgan fingerprint density at radius 1 is 1.25 bits per heavy atom. The molecule has 2 nitrogen and oxygen atoms in total. The van der Waals surface area contributed by atoms with Gasteiger partial charge in [-0.25, -0.2) is 4.98 Å². The molecule has 1 fully saturated rings. The number of anilines is 1. The van der Waals surface area contributed by atoms with Gasteiger partial charge in [-0.05, 0) is 55.1 Å². The summed E-state index contributed by atoms with van der Waals surface area (Å²) in [4.78, 5) is 4.16. The molecule has 16 heavy (non-hydrogen) atoms. The summed E-state index contributed by atoms with van der Waals surface area (Å²) in [6.45, 7) is 4.74. The van der Waals surface area contributed by atoms with Crippen molar-refractivity contribution >= 4 is 5.82 Å². The summed E-state index contributed by atoms with van der Waals surface area (Å²) >= 11 is 0. The molecular formula is C14H22N2. The lowest BCUT2D eigenvalue weighted by Crippen LogP contribution is -2.21. The van der Waals surface area contributed by atoms with E-state index in [0.717, 1.165) is 24.2 Å². The Hall–Kier alpha value is -1.05. The van der Waals surface area contributed by atoms with Crippen LogP contribution in [-0.4, -0.2) is 4.98 Å². The molecule has 1 aliphatic carbocycles. The fourth-order valence-corrected chi connectivity index (χ4v) is 3.21. The van der Waals surface area contributed by atoms with Crippen molar-refractivity contribution in [1.29, 1.82) is 0 Å². The van der Waals surface area contributed by atoms with Gasteiger partial charge in [-0.2, -0.15) is 0 Å². The highest BCUT2D eigenvalue weighted by Gasteiger charge is 2.24. The fraction of sp³-hybridized carbons (Fsp3) is 0.643. The molecule has 2 atom stereocenters.